The summed E-state index contributed by atoms with van der Waals surface area (Å²) in [7, 11) is 1.72. The molecular formula is C18H26F3N3O2. The van der Waals surface area contributed by atoms with E-state index in [4.69, 9.17) is 4.74 Å². The molecule has 26 heavy (non-hydrogen) atoms. The molecule has 146 valence electrons. The molecule has 1 saturated heterocycles. The number of carbonyl (C=O) groups excluding carboxylic acids is 1. The Bertz CT molecular complexity index is 610. The Labute approximate surface area is 152 Å². The van der Waals surface area contributed by atoms with Crippen LogP contribution in [0.1, 0.15) is 20.3 Å². The summed E-state index contributed by atoms with van der Waals surface area (Å²) in [4.78, 5) is 16.6. The summed E-state index contributed by atoms with van der Waals surface area (Å²) in [6, 6.07) is 5.87. The van der Waals surface area contributed by atoms with Gasteiger partial charge in [-0.2, -0.15) is 13.2 Å². The number of ether oxygens (including phenoxy) is 1. The molecule has 1 aromatic rings. The summed E-state index contributed by atoms with van der Waals surface area (Å²) >= 11 is 0. The maximum atomic E-state index is 12.6. The molecule has 8 heteroatoms. The molecular weight excluding hydrogens is 347 g/mol. The highest BCUT2D eigenvalue weighted by Gasteiger charge is 2.31. The molecule has 2 rings (SSSR count). The van der Waals surface area contributed by atoms with Gasteiger partial charge in [0.1, 0.15) is 5.75 Å². The molecule has 2 atom stereocenters. The Morgan fingerprint density at radius 2 is 2.08 bits per heavy atom. The van der Waals surface area contributed by atoms with Crippen LogP contribution in [0.3, 0.4) is 0 Å². The Balaban J connectivity index is 2.01. The smallest absolute Gasteiger partial charge is 0.422 e. The molecule has 5 nitrogen and oxygen atoms in total. The molecule has 1 fully saturated rings. The van der Waals surface area contributed by atoms with Crippen molar-refractivity contribution >= 4 is 11.7 Å². The fourth-order valence-corrected chi connectivity index (χ4v) is 3.29. The number of hydrogen-bond acceptors (Lipinski definition) is 3. The lowest BCUT2D eigenvalue weighted by atomic mass is 9.93. The average molecular weight is 373 g/mol. The highest BCUT2D eigenvalue weighted by molar-refractivity contribution is 5.91. The largest absolute Gasteiger partial charge is 0.482 e. The van der Waals surface area contributed by atoms with E-state index in [2.05, 4.69) is 24.1 Å². The molecule has 1 N–H and O–H groups in total. The Morgan fingerprint density at radius 1 is 1.38 bits per heavy atom. The van der Waals surface area contributed by atoms with Gasteiger partial charge in [0.25, 0.3) is 0 Å². The average Bonchev–Trinajstić information content (AvgIpc) is 2.59. The first-order valence-corrected chi connectivity index (χ1v) is 8.76. The SMILES string of the molecule is CCN1CCC(N(C)C(=O)Nc2ccccc2OCC(F)(F)F)C(C)C1. The molecule has 0 spiro atoms. The van der Waals surface area contributed by atoms with E-state index in [1.807, 2.05) is 0 Å². The first kappa shape index (κ1) is 20.4. The van der Waals surface area contributed by atoms with Gasteiger partial charge in [-0.3, -0.25) is 0 Å². The maximum absolute atomic E-state index is 12.6. The van der Waals surface area contributed by atoms with Crippen LogP contribution in [-0.2, 0) is 0 Å². The molecule has 0 bridgehead atoms. The van der Waals surface area contributed by atoms with Crippen molar-refractivity contribution in [1.82, 2.24) is 9.80 Å². The number of urea groups is 1. The van der Waals surface area contributed by atoms with Crippen LogP contribution in [-0.4, -0.2) is 61.3 Å². The minimum atomic E-state index is -4.43. The number of halogens is 3. The molecule has 1 aliphatic rings. The minimum absolute atomic E-state index is 0.000394. The summed E-state index contributed by atoms with van der Waals surface area (Å²) in [6.07, 6.45) is -3.57. The van der Waals surface area contributed by atoms with E-state index in [1.54, 1.807) is 24.1 Å². The van der Waals surface area contributed by atoms with Crippen LogP contribution >= 0.6 is 0 Å². The summed E-state index contributed by atoms with van der Waals surface area (Å²) in [5.41, 5.74) is 0.229. The van der Waals surface area contributed by atoms with E-state index < -0.39 is 12.8 Å². The molecule has 1 aliphatic heterocycles. The van der Waals surface area contributed by atoms with Gasteiger partial charge in [-0.05, 0) is 31.0 Å². The third-order valence-electron chi connectivity index (χ3n) is 4.73. The fourth-order valence-electron chi connectivity index (χ4n) is 3.29. The lowest BCUT2D eigenvalue weighted by Crippen LogP contribution is -2.51. The van der Waals surface area contributed by atoms with Crippen LogP contribution in [0.4, 0.5) is 23.7 Å². The van der Waals surface area contributed by atoms with Gasteiger partial charge < -0.3 is 19.9 Å². The van der Waals surface area contributed by atoms with E-state index in [0.29, 0.717) is 5.92 Å². The number of para-hydroxylation sites is 2. The molecule has 0 radical (unpaired) electrons. The lowest BCUT2D eigenvalue weighted by molar-refractivity contribution is -0.153. The van der Waals surface area contributed by atoms with Gasteiger partial charge in [-0.15, -0.1) is 0 Å². The van der Waals surface area contributed by atoms with Gasteiger partial charge in [0.2, 0.25) is 0 Å². The van der Waals surface area contributed by atoms with Crippen LogP contribution in [0.2, 0.25) is 0 Å². The normalized spacial score (nSPS) is 21.3. The quantitative estimate of drug-likeness (QED) is 0.853. The molecule has 0 saturated carbocycles. The molecule has 0 aromatic heterocycles. The fraction of sp³-hybridized carbons (Fsp3) is 0.611. The summed E-state index contributed by atoms with van der Waals surface area (Å²) < 4.78 is 42.0. The van der Waals surface area contributed by atoms with Crippen LogP contribution in [0.15, 0.2) is 24.3 Å². The van der Waals surface area contributed by atoms with Gasteiger partial charge in [0.05, 0.1) is 5.69 Å². The predicted octanol–water partition coefficient (Wildman–Crippen LogP) is 3.82. The number of amides is 2. The Hall–Kier alpha value is -1.96. The zero-order chi connectivity index (χ0) is 19.3. The molecule has 0 aliphatic carbocycles. The van der Waals surface area contributed by atoms with Crippen molar-refractivity contribution in [3.05, 3.63) is 24.3 Å². The van der Waals surface area contributed by atoms with Crippen LogP contribution in [0, 0.1) is 5.92 Å². The topological polar surface area (TPSA) is 44.8 Å². The second-order valence-corrected chi connectivity index (χ2v) is 6.67. The lowest BCUT2D eigenvalue weighted by Gasteiger charge is -2.40. The predicted molar refractivity (Wildman–Crippen MR) is 94.5 cm³/mol. The second-order valence-electron chi connectivity index (χ2n) is 6.67. The van der Waals surface area contributed by atoms with Crippen molar-refractivity contribution in [3.63, 3.8) is 0 Å². The Morgan fingerprint density at radius 3 is 2.69 bits per heavy atom. The number of rotatable bonds is 5. The molecule has 2 amide bonds. The Kier molecular flexibility index (Phi) is 6.75. The van der Waals surface area contributed by atoms with Gasteiger partial charge in [0.15, 0.2) is 6.61 Å². The van der Waals surface area contributed by atoms with Gasteiger partial charge in [0, 0.05) is 26.2 Å². The highest BCUT2D eigenvalue weighted by atomic mass is 19.4. The molecule has 1 aromatic carbocycles. The maximum Gasteiger partial charge on any atom is 0.422 e. The summed E-state index contributed by atoms with van der Waals surface area (Å²) in [5.74, 6) is 0.316. The van der Waals surface area contributed by atoms with Gasteiger partial charge >= 0.3 is 12.2 Å². The van der Waals surface area contributed by atoms with Crippen LogP contribution in [0.5, 0.6) is 5.75 Å². The van der Waals surface area contributed by atoms with E-state index in [0.717, 1.165) is 26.1 Å². The minimum Gasteiger partial charge on any atom is -0.482 e. The number of nitrogens with one attached hydrogen (secondary N) is 1. The van der Waals surface area contributed by atoms with Crippen molar-refractivity contribution < 1.29 is 22.7 Å². The van der Waals surface area contributed by atoms with Crippen LogP contribution < -0.4 is 10.1 Å². The first-order valence-electron chi connectivity index (χ1n) is 8.76. The zero-order valence-corrected chi connectivity index (χ0v) is 15.3. The first-order chi connectivity index (χ1) is 12.2. The number of piperidine rings is 1. The third-order valence-corrected chi connectivity index (χ3v) is 4.73. The number of nitrogens with zero attached hydrogens (tertiary/aromatic N) is 2. The van der Waals surface area contributed by atoms with Crippen molar-refractivity contribution in [3.8, 4) is 5.75 Å². The van der Waals surface area contributed by atoms with Crippen molar-refractivity contribution in [2.24, 2.45) is 5.92 Å². The number of carbonyl (C=O) groups is 1. The number of likely N-dealkylation sites (tertiary alicyclic amines) is 1. The van der Waals surface area contributed by atoms with E-state index in [9.17, 15) is 18.0 Å². The van der Waals surface area contributed by atoms with Gasteiger partial charge in [-0.1, -0.05) is 26.0 Å². The zero-order valence-electron chi connectivity index (χ0n) is 15.3. The standard InChI is InChI=1S/C18H26F3N3O2/c1-4-24-10-9-15(13(2)11-24)23(3)17(25)22-14-7-5-6-8-16(14)26-12-18(19,20)21/h5-8,13,15H,4,9-12H2,1-3H3,(H,22,25). The van der Waals surface area contributed by atoms with Crippen molar-refractivity contribution in [1.29, 1.82) is 0 Å². The van der Waals surface area contributed by atoms with Crippen molar-refractivity contribution in [2.45, 2.75) is 32.5 Å². The number of benzene rings is 1. The van der Waals surface area contributed by atoms with E-state index >= 15 is 0 Å². The molecule has 1 heterocycles. The number of hydrogen-bond donors (Lipinski definition) is 1. The number of alkyl halides is 3. The monoisotopic (exact) mass is 373 g/mol. The third kappa shape index (κ3) is 5.52. The van der Waals surface area contributed by atoms with E-state index in [1.165, 1.54) is 12.1 Å². The van der Waals surface area contributed by atoms with Crippen molar-refractivity contribution in [2.75, 3.05) is 38.6 Å². The van der Waals surface area contributed by atoms with Crippen LogP contribution in [0.25, 0.3) is 0 Å². The molecule has 2 unspecified atom stereocenters. The van der Waals surface area contributed by atoms with E-state index in [-0.39, 0.29) is 23.5 Å². The summed E-state index contributed by atoms with van der Waals surface area (Å²) in [5, 5.41) is 2.67. The second kappa shape index (κ2) is 8.62. The number of anilines is 1. The highest BCUT2D eigenvalue weighted by Crippen LogP contribution is 2.27. The summed E-state index contributed by atoms with van der Waals surface area (Å²) in [6.45, 7) is 5.65. The van der Waals surface area contributed by atoms with Gasteiger partial charge in [-0.25, -0.2) is 4.79 Å².